The molecule has 138 valence electrons. The molecule has 0 spiro atoms. The smallest absolute Gasteiger partial charge is 0.114 e. The maximum atomic E-state index is 4.09. The summed E-state index contributed by atoms with van der Waals surface area (Å²) in [5.74, 6) is 6.62. The summed E-state index contributed by atoms with van der Waals surface area (Å²) in [5.41, 5.74) is 5.86. The number of benzene rings is 3. The summed E-state index contributed by atoms with van der Waals surface area (Å²) < 4.78 is 2.19. The van der Waals surface area contributed by atoms with Gasteiger partial charge in [0.25, 0.3) is 0 Å². The lowest BCUT2D eigenvalue weighted by Crippen LogP contribution is -2.10. The highest BCUT2D eigenvalue weighted by Crippen LogP contribution is 2.29. The molecule has 0 aliphatic carbocycles. The maximum absolute atomic E-state index is 4.09. The zero-order valence-corrected chi connectivity index (χ0v) is 16.7. The molecule has 0 bridgehead atoms. The van der Waals surface area contributed by atoms with E-state index in [1.54, 1.807) is 0 Å². The fourth-order valence-electron chi connectivity index (χ4n) is 3.58. The van der Waals surface area contributed by atoms with Gasteiger partial charge in [-0.15, -0.1) is 0 Å². The number of hydrogen-bond donors (Lipinski definition) is 0. The molecular weight excluding hydrogens is 340 g/mol. The van der Waals surface area contributed by atoms with Crippen molar-refractivity contribution in [1.82, 2.24) is 4.57 Å². The lowest BCUT2D eigenvalue weighted by molar-refractivity contribution is 0.590. The summed E-state index contributed by atoms with van der Waals surface area (Å²) in [5, 5.41) is 2.42. The van der Waals surface area contributed by atoms with Gasteiger partial charge in [0, 0.05) is 21.9 Å². The SMILES string of the molecule is C=NCn1c2ccccc2c2cc(C#Cc3ccc(C(C)(C)C)cc3)ccc21. The average molecular weight is 364 g/mol. The first-order valence-electron chi connectivity index (χ1n) is 9.53. The van der Waals surface area contributed by atoms with Gasteiger partial charge in [0.1, 0.15) is 6.67 Å². The van der Waals surface area contributed by atoms with E-state index in [0.717, 1.165) is 16.6 Å². The lowest BCUT2D eigenvalue weighted by atomic mass is 9.87. The van der Waals surface area contributed by atoms with E-state index < -0.39 is 0 Å². The molecule has 0 radical (unpaired) electrons. The molecule has 1 heterocycles. The molecule has 0 N–H and O–H groups in total. The number of para-hydroxylation sites is 1. The third-order valence-electron chi connectivity index (χ3n) is 5.12. The first-order chi connectivity index (χ1) is 13.5. The second kappa shape index (κ2) is 7.02. The van der Waals surface area contributed by atoms with Gasteiger partial charge in [-0.3, -0.25) is 4.99 Å². The van der Waals surface area contributed by atoms with Crippen molar-refractivity contribution in [2.75, 3.05) is 0 Å². The first-order valence-corrected chi connectivity index (χ1v) is 9.53. The van der Waals surface area contributed by atoms with Crippen molar-refractivity contribution in [3.63, 3.8) is 0 Å². The van der Waals surface area contributed by atoms with Crippen LogP contribution in [0.2, 0.25) is 0 Å². The van der Waals surface area contributed by atoms with E-state index in [9.17, 15) is 0 Å². The quantitative estimate of drug-likeness (QED) is 0.300. The number of fused-ring (bicyclic) bond motifs is 3. The van der Waals surface area contributed by atoms with E-state index in [2.05, 4.69) is 116 Å². The summed E-state index contributed by atoms with van der Waals surface area (Å²) in [6, 6.07) is 23.3. The van der Waals surface area contributed by atoms with Crippen molar-refractivity contribution in [1.29, 1.82) is 0 Å². The molecule has 0 atom stereocenters. The molecule has 1 aromatic heterocycles. The number of aromatic nitrogens is 1. The Hall–Kier alpha value is -3.31. The molecule has 4 rings (SSSR count). The Kier molecular flexibility index (Phi) is 4.53. The van der Waals surface area contributed by atoms with Crippen molar-refractivity contribution in [3.8, 4) is 11.8 Å². The van der Waals surface area contributed by atoms with E-state index in [4.69, 9.17) is 0 Å². The summed E-state index contributed by atoms with van der Waals surface area (Å²) in [6.07, 6.45) is 0. The van der Waals surface area contributed by atoms with Crippen LogP contribution in [-0.4, -0.2) is 11.3 Å². The van der Waals surface area contributed by atoms with Crippen LogP contribution >= 0.6 is 0 Å². The van der Waals surface area contributed by atoms with Gasteiger partial charge in [-0.25, -0.2) is 0 Å². The van der Waals surface area contributed by atoms with Crippen molar-refractivity contribution in [3.05, 3.63) is 83.4 Å². The molecule has 28 heavy (non-hydrogen) atoms. The van der Waals surface area contributed by atoms with Crippen LogP contribution in [-0.2, 0) is 12.1 Å². The van der Waals surface area contributed by atoms with Crippen LogP contribution in [0.1, 0.15) is 37.5 Å². The van der Waals surface area contributed by atoms with Crippen molar-refractivity contribution < 1.29 is 0 Å². The van der Waals surface area contributed by atoms with Gasteiger partial charge in [-0.2, -0.15) is 0 Å². The monoisotopic (exact) mass is 364 g/mol. The number of rotatable bonds is 2. The van der Waals surface area contributed by atoms with Crippen LogP contribution in [0.15, 0.2) is 71.7 Å². The van der Waals surface area contributed by atoms with Crippen molar-refractivity contribution in [2.24, 2.45) is 4.99 Å². The standard InChI is InChI=1S/C26H24N2/c1-26(2,3)21-14-11-19(12-15-21)9-10-20-13-16-25-23(17-20)22-7-5-6-8-24(22)28(25)18-27-4/h5-8,11-17H,4,18H2,1-3H3. The van der Waals surface area contributed by atoms with Crippen LogP contribution in [0.4, 0.5) is 0 Å². The van der Waals surface area contributed by atoms with Crippen LogP contribution in [0, 0.1) is 11.8 Å². The maximum Gasteiger partial charge on any atom is 0.114 e. The van der Waals surface area contributed by atoms with Gasteiger partial charge in [-0.1, -0.05) is 62.9 Å². The normalized spacial score (nSPS) is 11.4. The zero-order valence-electron chi connectivity index (χ0n) is 16.7. The second-order valence-corrected chi connectivity index (χ2v) is 8.12. The Morgan fingerprint density at radius 1 is 0.821 bits per heavy atom. The van der Waals surface area contributed by atoms with Gasteiger partial charge in [-0.05, 0) is 54.1 Å². The van der Waals surface area contributed by atoms with E-state index in [1.165, 1.54) is 21.9 Å². The summed E-state index contributed by atoms with van der Waals surface area (Å²) in [4.78, 5) is 4.09. The third-order valence-corrected chi connectivity index (χ3v) is 5.12. The largest absolute Gasteiger partial charge is 0.320 e. The van der Waals surface area contributed by atoms with Crippen LogP contribution in [0.5, 0.6) is 0 Å². The minimum Gasteiger partial charge on any atom is -0.320 e. The molecule has 2 heteroatoms. The van der Waals surface area contributed by atoms with Gasteiger partial charge >= 0.3 is 0 Å². The molecular formula is C26H24N2. The number of nitrogens with zero attached hydrogens (tertiary/aromatic N) is 2. The molecule has 0 unspecified atom stereocenters. The minimum atomic E-state index is 0.158. The molecule has 0 aliphatic rings. The molecule has 0 saturated heterocycles. The van der Waals surface area contributed by atoms with Crippen LogP contribution in [0.25, 0.3) is 21.8 Å². The predicted molar refractivity (Wildman–Crippen MR) is 120 cm³/mol. The number of hydrogen-bond acceptors (Lipinski definition) is 1. The third kappa shape index (κ3) is 3.32. The van der Waals surface area contributed by atoms with Gasteiger partial charge in [0.2, 0.25) is 0 Å². The highest BCUT2D eigenvalue weighted by molar-refractivity contribution is 6.08. The Labute approximate surface area is 166 Å². The Morgan fingerprint density at radius 2 is 1.46 bits per heavy atom. The summed E-state index contributed by atoms with van der Waals surface area (Å²) >= 11 is 0. The van der Waals surface area contributed by atoms with Gasteiger partial charge in [0.15, 0.2) is 0 Å². The highest BCUT2D eigenvalue weighted by atomic mass is 15.1. The van der Waals surface area contributed by atoms with Crippen molar-refractivity contribution in [2.45, 2.75) is 32.9 Å². The summed E-state index contributed by atoms with van der Waals surface area (Å²) in [7, 11) is 0. The van der Waals surface area contributed by atoms with Gasteiger partial charge in [0.05, 0.1) is 11.0 Å². The molecule has 0 aliphatic heterocycles. The Balaban J connectivity index is 1.74. The fraction of sp³-hybridized carbons (Fsp3) is 0.192. The Morgan fingerprint density at radius 3 is 2.18 bits per heavy atom. The van der Waals surface area contributed by atoms with Crippen LogP contribution in [0.3, 0.4) is 0 Å². The van der Waals surface area contributed by atoms with Gasteiger partial charge < -0.3 is 4.57 Å². The number of aliphatic imine (C=N–C) groups is 1. The molecule has 0 amide bonds. The molecule has 4 aromatic rings. The lowest BCUT2D eigenvalue weighted by Gasteiger charge is -2.18. The van der Waals surface area contributed by atoms with E-state index in [1.807, 2.05) is 0 Å². The highest BCUT2D eigenvalue weighted by Gasteiger charge is 2.12. The van der Waals surface area contributed by atoms with E-state index in [-0.39, 0.29) is 5.41 Å². The molecule has 0 fully saturated rings. The topological polar surface area (TPSA) is 17.3 Å². The predicted octanol–water partition coefficient (Wildman–Crippen LogP) is 6.15. The second-order valence-electron chi connectivity index (χ2n) is 8.12. The molecule has 0 saturated carbocycles. The van der Waals surface area contributed by atoms with Crippen molar-refractivity contribution >= 4 is 28.5 Å². The Bertz CT molecular complexity index is 1220. The first kappa shape index (κ1) is 18.1. The minimum absolute atomic E-state index is 0.158. The summed E-state index contributed by atoms with van der Waals surface area (Å²) in [6.45, 7) is 10.9. The molecule has 2 nitrogen and oxygen atoms in total. The average Bonchev–Trinajstić information content (AvgIpc) is 3.00. The van der Waals surface area contributed by atoms with Crippen LogP contribution < -0.4 is 0 Å². The zero-order chi connectivity index (χ0) is 19.7. The molecule has 3 aromatic carbocycles. The van der Waals surface area contributed by atoms with E-state index in [0.29, 0.717) is 6.67 Å². The van der Waals surface area contributed by atoms with E-state index >= 15 is 0 Å². The fourth-order valence-corrected chi connectivity index (χ4v) is 3.58.